The summed E-state index contributed by atoms with van der Waals surface area (Å²) >= 11 is 0. The smallest absolute Gasteiger partial charge is 0.153 e. The molecular formula is C48H77N3O7. The quantitative estimate of drug-likeness (QED) is 0.103. The van der Waals surface area contributed by atoms with Crippen LogP contribution in [0.4, 0.5) is 0 Å². The largest absolute Gasteiger partial charge is 0.391 e. The summed E-state index contributed by atoms with van der Waals surface area (Å²) in [6.07, 6.45) is 19.2. The van der Waals surface area contributed by atoms with Crippen LogP contribution < -0.4 is 16.4 Å². The Kier molecular flexibility index (Phi) is 15.7. The molecule has 10 heteroatoms. The predicted molar refractivity (Wildman–Crippen MR) is 225 cm³/mol. The molecule has 0 aromatic rings. The fraction of sp³-hybridized carbons (Fsp3) is 0.875. The standard InChI is InChI=1S/C48H77N3O7/c1-58-44-25-35-12-14-45(56)48(18-15-31(22-46(48)57)7-8-32-21-37-11-13-38(52)27-40(37)51-29-32)19-16-36(39(35)28-43(44)55)24-42(54)41(53)23-33(34-17-20-50-47(49)26-34)10-9-30-5-3-2-4-6-30/h9-10,30-37,39-44,46-47,50-51,53-55,57H,2-8,11-15,17-18,20-29,49H2,1H3/t31-,32+,33-,34?,35?,36+,37-,39?,40+,41+,42-,43?,44?,46+,47?,48+/m0/s1. The number of methoxy groups -OCH3 is 1. The topological polar surface area (TPSA) is 174 Å². The minimum absolute atomic E-state index is 0.0214. The minimum atomic E-state index is -1.14. The third kappa shape index (κ3) is 10.8. The third-order valence-electron chi connectivity index (χ3n) is 16.6. The zero-order valence-corrected chi connectivity index (χ0v) is 35.5. The molecule has 16 atom stereocenters. The number of Topliss-reactive ketones (excluding diaryl/α,β-unsaturated/α-hetero) is 2. The monoisotopic (exact) mass is 808 g/mol. The van der Waals surface area contributed by atoms with E-state index in [4.69, 9.17) is 10.5 Å². The Morgan fingerprint density at radius 3 is 2.47 bits per heavy atom. The SMILES string of the molecule is COC1CC2CCC(=O)[C@]3(C#C[C@H](C[C@H](O)[C@H](O)C[C@H](C=CC4CCCCC4)C4CCNC(N)C4)C2CC1O)CC[C@H](CC[C@H]1CN[C@@H]2CC(=O)CC[C@H]2C1)C[C@H]3O. The van der Waals surface area contributed by atoms with E-state index in [-0.39, 0.29) is 48.1 Å². The molecule has 7 rings (SSSR count). The highest BCUT2D eigenvalue weighted by molar-refractivity contribution is 5.89. The van der Waals surface area contributed by atoms with Crippen LogP contribution >= 0.6 is 0 Å². The molecule has 10 nitrogen and oxygen atoms in total. The van der Waals surface area contributed by atoms with Gasteiger partial charge in [-0.05, 0) is 157 Å². The molecule has 8 N–H and O–H groups in total. The number of rotatable bonds is 12. The van der Waals surface area contributed by atoms with Crippen LogP contribution in [0.25, 0.3) is 0 Å². The van der Waals surface area contributed by atoms with Crippen LogP contribution in [0, 0.1) is 70.5 Å². The fourth-order valence-electron chi connectivity index (χ4n) is 12.9. The summed E-state index contributed by atoms with van der Waals surface area (Å²) in [6.45, 7) is 1.80. The number of piperidine rings is 2. The maximum Gasteiger partial charge on any atom is 0.153 e. The number of aliphatic hydroxyl groups is 4. The van der Waals surface area contributed by atoms with Gasteiger partial charge in [0, 0.05) is 38.3 Å². The Morgan fingerprint density at radius 2 is 1.69 bits per heavy atom. The number of hydrogen-bond acceptors (Lipinski definition) is 10. The Hall–Kier alpha value is -1.68. The minimum Gasteiger partial charge on any atom is -0.391 e. The number of ether oxygens (including phenoxy) is 1. The van der Waals surface area contributed by atoms with Crippen LogP contribution in [0.1, 0.15) is 141 Å². The van der Waals surface area contributed by atoms with Gasteiger partial charge < -0.3 is 41.5 Å². The summed E-state index contributed by atoms with van der Waals surface area (Å²) in [4.78, 5) is 26.3. The number of carbonyl (C=O) groups excluding carboxylic acids is 2. The van der Waals surface area contributed by atoms with Gasteiger partial charge in [-0.15, -0.1) is 0 Å². The molecule has 0 radical (unpaired) electrons. The van der Waals surface area contributed by atoms with Crippen LogP contribution in [0.5, 0.6) is 0 Å². The second-order valence-corrected chi connectivity index (χ2v) is 20.3. The van der Waals surface area contributed by atoms with E-state index >= 15 is 0 Å². The van der Waals surface area contributed by atoms with Crippen LogP contribution in [-0.4, -0.2) is 94.9 Å². The molecule has 58 heavy (non-hydrogen) atoms. The molecule has 4 saturated carbocycles. The molecule has 0 aromatic heterocycles. The van der Waals surface area contributed by atoms with Gasteiger partial charge in [0.15, 0.2) is 5.78 Å². The second-order valence-electron chi connectivity index (χ2n) is 20.3. The van der Waals surface area contributed by atoms with Crippen molar-refractivity contribution in [3.63, 3.8) is 0 Å². The molecule has 5 aliphatic carbocycles. The number of nitrogens with one attached hydrogen (secondary N) is 2. The molecule has 1 spiro atoms. The summed E-state index contributed by atoms with van der Waals surface area (Å²) in [5.74, 6) is 9.49. The van der Waals surface area contributed by atoms with E-state index in [1.807, 2.05) is 0 Å². The van der Waals surface area contributed by atoms with Crippen molar-refractivity contribution in [1.82, 2.24) is 10.6 Å². The normalized spacial score (nSPS) is 42.0. The molecule has 7 aliphatic rings. The van der Waals surface area contributed by atoms with Crippen LogP contribution in [0.15, 0.2) is 12.2 Å². The van der Waals surface area contributed by atoms with Crippen molar-refractivity contribution in [2.45, 2.75) is 184 Å². The number of fused-ring (bicyclic) bond motifs is 2. The van der Waals surface area contributed by atoms with Crippen molar-refractivity contribution in [3.8, 4) is 11.8 Å². The van der Waals surface area contributed by atoms with E-state index in [0.717, 1.165) is 51.6 Å². The number of hydrogen-bond donors (Lipinski definition) is 7. The van der Waals surface area contributed by atoms with Crippen molar-refractivity contribution < 1.29 is 34.8 Å². The van der Waals surface area contributed by atoms with Gasteiger partial charge in [0.1, 0.15) is 11.2 Å². The molecule has 326 valence electrons. The van der Waals surface area contributed by atoms with Gasteiger partial charge in [-0.2, -0.15) is 0 Å². The van der Waals surface area contributed by atoms with E-state index in [2.05, 4.69) is 34.6 Å². The molecule has 2 aliphatic heterocycles. The van der Waals surface area contributed by atoms with E-state index in [1.165, 1.54) is 38.5 Å². The van der Waals surface area contributed by atoms with Crippen molar-refractivity contribution in [2.24, 2.45) is 64.4 Å². The first-order valence-corrected chi connectivity index (χ1v) is 23.7. The van der Waals surface area contributed by atoms with Crippen LogP contribution in [-0.2, 0) is 14.3 Å². The molecular weight excluding hydrogens is 731 g/mol. The number of allylic oxidation sites excluding steroid dienone is 2. The first-order valence-electron chi connectivity index (χ1n) is 23.7. The lowest BCUT2D eigenvalue weighted by atomic mass is 9.64. The maximum atomic E-state index is 14.3. The molecule has 0 amide bonds. The number of carbonyl (C=O) groups is 2. The number of ketones is 2. The summed E-state index contributed by atoms with van der Waals surface area (Å²) in [5, 5.41) is 53.8. The Bertz CT molecular complexity index is 1460. The lowest BCUT2D eigenvalue weighted by Gasteiger charge is -2.42. The number of aliphatic hydroxyl groups excluding tert-OH is 4. The van der Waals surface area contributed by atoms with Gasteiger partial charge in [0.05, 0.1) is 36.7 Å². The summed E-state index contributed by atoms with van der Waals surface area (Å²) in [5.41, 5.74) is 5.22. The summed E-state index contributed by atoms with van der Waals surface area (Å²) < 4.78 is 5.71. The molecule has 0 bridgehead atoms. The van der Waals surface area contributed by atoms with E-state index in [1.54, 1.807) is 7.11 Å². The first-order chi connectivity index (χ1) is 28.0. The predicted octanol–water partition coefficient (Wildman–Crippen LogP) is 5.19. The van der Waals surface area contributed by atoms with Gasteiger partial charge in [-0.3, -0.25) is 9.59 Å². The third-order valence-corrected chi connectivity index (χ3v) is 16.6. The molecule has 0 aromatic carbocycles. The van der Waals surface area contributed by atoms with Gasteiger partial charge in [0.2, 0.25) is 0 Å². The fourth-order valence-corrected chi connectivity index (χ4v) is 12.9. The van der Waals surface area contributed by atoms with Crippen molar-refractivity contribution in [2.75, 3.05) is 20.2 Å². The van der Waals surface area contributed by atoms with E-state index in [9.17, 15) is 30.0 Å². The van der Waals surface area contributed by atoms with E-state index in [0.29, 0.717) is 99.2 Å². The molecule has 6 fully saturated rings. The van der Waals surface area contributed by atoms with Gasteiger partial charge in [-0.1, -0.05) is 49.7 Å². The molecule has 2 heterocycles. The highest BCUT2D eigenvalue weighted by atomic mass is 16.5. The van der Waals surface area contributed by atoms with Crippen LogP contribution in [0.3, 0.4) is 0 Å². The highest BCUT2D eigenvalue weighted by Gasteiger charge is 2.49. The molecule has 6 unspecified atom stereocenters. The van der Waals surface area contributed by atoms with E-state index < -0.39 is 29.8 Å². The maximum absolute atomic E-state index is 14.3. The zero-order chi connectivity index (χ0) is 40.8. The van der Waals surface area contributed by atoms with Crippen molar-refractivity contribution >= 4 is 11.6 Å². The lowest BCUT2D eigenvalue weighted by molar-refractivity contribution is -0.135. The second kappa shape index (κ2) is 20.5. The average molecular weight is 808 g/mol. The van der Waals surface area contributed by atoms with Crippen LogP contribution in [0.2, 0.25) is 0 Å². The Labute approximate surface area is 348 Å². The first kappa shape index (κ1) is 44.4. The van der Waals surface area contributed by atoms with Gasteiger partial charge in [-0.25, -0.2) is 0 Å². The van der Waals surface area contributed by atoms with Crippen molar-refractivity contribution in [1.29, 1.82) is 0 Å². The van der Waals surface area contributed by atoms with Gasteiger partial charge >= 0.3 is 0 Å². The number of nitrogens with two attached hydrogens (primary N) is 1. The van der Waals surface area contributed by atoms with Crippen molar-refractivity contribution in [3.05, 3.63) is 12.2 Å². The average Bonchev–Trinajstić information content (AvgIpc) is 3.27. The Morgan fingerprint density at radius 1 is 0.897 bits per heavy atom. The highest BCUT2D eigenvalue weighted by Crippen LogP contribution is 2.47. The van der Waals surface area contributed by atoms with Gasteiger partial charge in [0.25, 0.3) is 0 Å². The lowest BCUT2D eigenvalue weighted by Crippen LogP contribution is -2.49. The summed E-state index contributed by atoms with van der Waals surface area (Å²) in [7, 11) is 1.63. The Balaban J connectivity index is 1.04. The zero-order valence-electron chi connectivity index (χ0n) is 35.5. The molecule has 2 saturated heterocycles. The summed E-state index contributed by atoms with van der Waals surface area (Å²) in [6, 6.07) is 0.339.